The van der Waals surface area contributed by atoms with Crippen LogP contribution >= 0.6 is 0 Å². The molecule has 0 spiro atoms. The van der Waals surface area contributed by atoms with E-state index in [1.165, 1.54) is 0 Å². The third-order valence-corrected chi connectivity index (χ3v) is 8.97. The van der Waals surface area contributed by atoms with Gasteiger partial charge in [-0.15, -0.1) is 0 Å². The molecule has 10 heteroatoms. The highest BCUT2D eigenvalue weighted by molar-refractivity contribution is 6.07. The van der Waals surface area contributed by atoms with Crippen LogP contribution in [0.1, 0.15) is 97.0 Å². The molecule has 0 fully saturated rings. The third-order valence-electron chi connectivity index (χ3n) is 8.97. The molecule has 0 aliphatic carbocycles. The van der Waals surface area contributed by atoms with E-state index in [1.807, 2.05) is 109 Å². The van der Waals surface area contributed by atoms with Gasteiger partial charge in [-0.3, -0.25) is 14.4 Å². The molecule has 0 aliphatic heterocycles. The average molecular weight is 729 g/mol. The van der Waals surface area contributed by atoms with Crippen LogP contribution in [0.5, 0.6) is 0 Å². The van der Waals surface area contributed by atoms with Crippen LogP contribution in [0.2, 0.25) is 0 Å². The fraction of sp³-hybridized carbons (Fsp3) is 0.488. The molecule has 288 valence electrons. The van der Waals surface area contributed by atoms with Gasteiger partial charge in [-0.25, -0.2) is 4.79 Å². The van der Waals surface area contributed by atoms with Crippen molar-refractivity contribution in [3.63, 3.8) is 0 Å². The lowest BCUT2D eigenvalue weighted by Crippen LogP contribution is -2.54. The van der Waals surface area contributed by atoms with Gasteiger partial charge in [0.1, 0.15) is 18.7 Å². The Morgan fingerprint density at radius 1 is 0.811 bits per heavy atom. The van der Waals surface area contributed by atoms with Gasteiger partial charge in [0.05, 0.1) is 23.4 Å². The Kier molecular flexibility index (Phi) is 17.0. The van der Waals surface area contributed by atoms with Crippen molar-refractivity contribution in [2.24, 2.45) is 17.8 Å². The monoisotopic (exact) mass is 728 g/mol. The van der Waals surface area contributed by atoms with E-state index < -0.39 is 42.0 Å². The number of hydrogen-bond donors (Lipinski definition) is 5. The fourth-order valence-corrected chi connectivity index (χ4v) is 5.96. The Morgan fingerprint density at radius 3 is 2.13 bits per heavy atom. The van der Waals surface area contributed by atoms with Gasteiger partial charge in [-0.05, 0) is 60.6 Å². The highest BCUT2D eigenvalue weighted by Crippen LogP contribution is 2.29. The summed E-state index contributed by atoms with van der Waals surface area (Å²) in [5, 5.41) is 25.1. The topological polar surface area (TPSA) is 146 Å². The maximum Gasteiger partial charge on any atom is 0.340 e. The molecule has 3 amide bonds. The smallest absolute Gasteiger partial charge is 0.340 e. The summed E-state index contributed by atoms with van der Waals surface area (Å²) in [5.41, 5.74) is 2.06. The van der Waals surface area contributed by atoms with E-state index in [0.29, 0.717) is 37.1 Å². The molecule has 53 heavy (non-hydrogen) atoms. The van der Waals surface area contributed by atoms with E-state index in [4.69, 9.17) is 4.74 Å². The molecule has 1 unspecified atom stereocenters. The number of esters is 1. The second-order valence-corrected chi connectivity index (χ2v) is 15.0. The first kappa shape index (κ1) is 42.7. The van der Waals surface area contributed by atoms with Gasteiger partial charge in [0, 0.05) is 17.5 Å². The van der Waals surface area contributed by atoms with Crippen LogP contribution < -0.4 is 21.3 Å². The van der Waals surface area contributed by atoms with E-state index in [9.17, 15) is 24.3 Å². The fourth-order valence-electron chi connectivity index (χ4n) is 5.96. The van der Waals surface area contributed by atoms with Gasteiger partial charge in [0.2, 0.25) is 17.7 Å². The summed E-state index contributed by atoms with van der Waals surface area (Å²) in [6, 6.07) is 18.1. The van der Waals surface area contributed by atoms with Crippen molar-refractivity contribution in [3.8, 4) is 0 Å². The summed E-state index contributed by atoms with van der Waals surface area (Å²) < 4.78 is 5.66. The van der Waals surface area contributed by atoms with Gasteiger partial charge in [-0.1, -0.05) is 122 Å². The number of carbonyl (C=O) groups is 4. The van der Waals surface area contributed by atoms with Crippen LogP contribution in [0.4, 0.5) is 5.69 Å². The van der Waals surface area contributed by atoms with E-state index in [0.717, 1.165) is 22.8 Å². The molecule has 0 saturated carbocycles. The first-order valence-corrected chi connectivity index (χ1v) is 19.0. The minimum absolute atomic E-state index is 0.0998. The second kappa shape index (κ2) is 21.1. The number of amides is 3. The van der Waals surface area contributed by atoms with Crippen molar-refractivity contribution in [2.45, 2.75) is 112 Å². The normalized spacial score (nSPS) is 14.1. The molecule has 0 heterocycles. The number of rotatable bonds is 20. The highest BCUT2D eigenvalue weighted by Gasteiger charge is 2.29. The minimum Gasteiger partial charge on any atom is -0.457 e. The largest absolute Gasteiger partial charge is 0.457 e. The van der Waals surface area contributed by atoms with Crippen LogP contribution in [-0.2, 0) is 25.7 Å². The number of unbranched alkanes of at least 4 members (excludes halogenated alkanes) is 1. The Balaban J connectivity index is 1.82. The third kappa shape index (κ3) is 13.3. The molecule has 0 aromatic heterocycles. The number of ether oxygens (including phenoxy) is 1. The zero-order chi connectivity index (χ0) is 39.1. The molecular formula is C43H60N4O6. The standard InChI is InChI=1S/C43H60N4O6/c1-9-10-20-36(42(51)47-37(23-27(2)3)38(48)24-35(29(6)7)41(50)44-25-28(4)5)46-40(49)30(8)45-39-33-19-15-14-18-32(33)21-22-34(39)43(52)53-26-31-16-12-11-13-17-31/h11-19,21-22,24,27-30,36-38,45,48H,9-10,20,23,25-26H2,1-8H3,(H,44,50)(H,46,49)(H,47,51)/b35-24+/t30?,36-,37-,38-/m0/s1. The van der Waals surface area contributed by atoms with Crippen molar-refractivity contribution < 1.29 is 29.0 Å². The zero-order valence-corrected chi connectivity index (χ0v) is 32.7. The van der Waals surface area contributed by atoms with Crippen LogP contribution in [0, 0.1) is 17.8 Å². The summed E-state index contributed by atoms with van der Waals surface area (Å²) in [4.78, 5) is 54.1. The molecule has 0 saturated heterocycles. The van der Waals surface area contributed by atoms with E-state index >= 15 is 0 Å². The van der Waals surface area contributed by atoms with Crippen LogP contribution in [0.25, 0.3) is 10.8 Å². The number of anilines is 1. The Morgan fingerprint density at radius 2 is 1.49 bits per heavy atom. The molecule has 10 nitrogen and oxygen atoms in total. The number of hydrogen-bond acceptors (Lipinski definition) is 7. The second-order valence-electron chi connectivity index (χ2n) is 15.0. The maximum absolute atomic E-state index is 13.9. The lowest BCUT2D eigenvalue weighted by Gasteiger charge is -2.28. The number of fused-ring (bicyclic) bond motifs is 1. The van der Waals surface area contributed by atoms with E-state index in [1.54, 1.807) is 19.1 Å². The maximum atomic E-state index is 13.9. The van der Waals surface area contributed by atoms with E-state index in [2.05, 4.69) is 21.3 Å². The zero-order valence-electron chi connectivity index (χ0n) is 32.7. The summed E-state index contributed by atoms with van der Waals surface area (Å²) in [7, 11) is 0. The molecule has 3 aromatic carbocycles. The van der Waals surface area contributed by atoms with Crippen molar-refractivity contribution in [1.29, 1.82) is 0 Å². The minimum atomic E-state index is -1.13. The molecular weight excluding hydrogens is 668 g/mol. The molecule has 5 N–H and O–H groups in total. The Hall–Kier alpha value is -4.70. The van der Waals surface area contributed by atoms with E-state index in [-0.39, 0.29) is 35.8 Å². The first-order chi connectivity index (χ1) is 25.2. The summed E-state index contributed by atoms with van der Waals surface area (Å²) in [6.07, 6.45) is 2.76. The van der Waals surface area contributed by atoms with Gasteiger partial charge in [-0.2, -0.15) is 0 Å². The van der Waals surface area contributed by atoms with Crippen LogP contribution in [-0.4, -0.2) is 59.6 Å². The van der Waals surface area contributed by atoms with Crippen LogP contribution in [0.15, 0.2) is 78.4 Å². The quantitative estimate of drug-likeness (QED) is 0.0628. The molecule has 0 radical (unpaired) electrons. The SMILES string of the molecule is CCCC[C@H](NC(=O)C(C)Nc1c(C(=O)OCc2ccccc2)ccc2ccccc12)C(=O)N[C@@H](CC(C)C)[C@@H](O)/C=C(/C(=O)NCC(C)C)C(C)C. The van der Waals surface area contributed by atoms with Gasteiger partial charge < -0.3 is 31.1 Å². The lowest BCUT2D eigenvalue weighted by atomic mass is 9.93. The summed E-state index contributed by atoms with van der Waals surface area (Å²) in [5.74, 6) is -1.36. The van der Waals surface area contributed by atoms with Crippen molar-refractivity contribution in [1.82, 2.24) is 16.0 Å². The predicted molar refractivity (Wildman–Crippen MR) is 212 cm³/mol. The predicted octanol–water partition coefficient (Wildman–Crippen LogP) is 6.92. The summed E-state index contributed by atoms with van der Waals surface area (Å²) >= 11 is 0. The molecule has 3 aromatic rings. The average Bonchev–Trinajstić information content (AvgIpc) is 3.13. The van der Waals surface area contributed by atoms with Crippen molar-refractivity contribution in [2.75, 3.05) is 11.9 Å². The number of aliphatic hydroxyl groups is 1. The number of carbonyl (C=O) groups excluding carboxylic acids is 4. The molecule has 4 atom stereocenters. The molecule has 3 rings (SSSR count). The highest BCUT2D eigenvalue weighted by atomic mass is 16.5. The van der Waals surface area contributed by atoms with Gasteiger partial charge >= 0.3 is 5.97 Å². The molecule has 0 bridgehead atoms. The van der Waals surface area contributed by atoms with Crippen molar-refractivity contribution in [3.05, 3.63) is 89.5 Å². The van der Waals surface area contributed by atoms with Gasteiger partial charge in [0.25, 0.3) is 0 Å². The van der Waals surface area contributed by atoms with Gasteiger partial charge in [0.15, 0.2) is 0 Å². The number of nitrogens with one attached hydrogen (secondary N) is 4. The summed E-state index contributed by atoms with van der Waals surface area (Å²) in [6.45, 7) is 16.1. The van der Waals surface area contributed by atoms with Crippen molar-refractivity contribution >= 4 is 40.2 Å². The number of aliphatic hydroxyl groups excluding tert-OH is 1. The molecule has 0 aliphatic rings. The lowest BCUT2D eigenvalue weighted by molar-refractivity contribution is -0.130. The first-order valence-electron chi connectivity index (χ1n) is 19.0. The Labute approximate surface area is 315 Å². The Bertz CT molecular complexity index is 1690. The number of benzene rings is 3. The van der Waals surface area contributed by atoms with Crippen LogP contribution in [0.3, 0.4) is 0 Å².